The number of carbonyl (C=O) groups excluding carboxylic acids is 1. The molecule has 1 heterocycles. The first-order valence-electron chi connectivity index (χ1n) is 10.3. The number of fused-ring (bicyclic) bond motifs is 1. The van der Waals surface area contributed by atoms with Crippen molar-refractivity contribution in [1.82, 2.24) is 4.90 Å². The molecule has 2 aromatic carbocycles. The lowest BCUT2D eigenvalue weighted by Crippen LogP contribution is -2.39. The number of hydrogen-bond acceptors (Lipinski definition) is 3. The number of halogens is 1. The molecule has 0 aromatic heterocycles. The van der Waals surface area contributed by atoms with Crippen molar-refractivity contribution < 1.29 is 14.6 Å². The van der Waals surface area contributed by atoms with E-state index in [1.807, 2.05) is 50.2 Å². The highest BCUT2D eigenvalue weighted by molar-refractivity contribution is 6.30. The summed E-state index contributed by atoms with van der Waals surface area (Å²) in [6, 6.07) is 14.2. The molecule has 0 saturated carbocycles. The lowest BCUT2D eigenvalue weighted by Gasteiger charge is -2.26. The first-order valence-corrected chi connectivity index (χ1v) is 10.6. The lowest BCUT2D eigenvalue weighted by molar-refractivity contribution is -0.133. The van der Waals surface area contributed by atoms with E-state index >= 15 is 0 Å². The summed E-state index contributed by atoms with van der Waals surface area (Å²) >= 11 is 5.99. The Bertz CT molecular complexity index is 850. The second-order valence-corrected chi connectivity index (χ2v) is 8.81. The molecule has 3 rings (SSSR count). The van der Waals surface area contributed by atoms with E-state index in [1.165, 1.54) is 11.1 Å². The second kappa shape index (κ2) is 9.19. The van der Waals surface area contributed by atoms with Gasteiger partial charge in [0.05, 0.1) is 6.61 Å². The molecule has 29 heavy (non-hydrogen) atoms. The Morgan fingerprint density at radius 1 is 1.21 bits per heavy atom. The highest BCUT2D eigenvalue weighted by Crippen LogP contribution is 2.37. The summed E-state index contributed by atoms with van der Waals surface area (Å²) in [5, 5.41) is 9.92. The minimum atomic E-state index is -0.278. The Hall–Kier alpha value is -2.04. The number of benzene rings is 2. The third kappa shape index (κ3) is 5.52. The van der Waals surface area contributed by atoms with Crippen LogP contribution < -0.4 is 4.74 Å². The number of aliphatic hydroxyl groups is 1. The fourth-order valence-corrected chi connectivity index (χ4v) is 4.16. The van der Waals surface area contributed by atoms with Crippen molar-refractivity contribution in [2.45, 2.75) is 58.1 Å². The number of aryl methyl sites for hydroxylation is 1. The van der Waals surface area contributed by atoms with Crippen LogP contribution in [0, 0.1) is 0 Å². The minimum absolute atomic E-state index is 0.00763. The van der Waals surface area contributed by atoms with Crippen molar-refractivity contribution in [3.05, 3.63) is 64.2 Å². The van der Waals surface area contributed by atoms with Crippen LogP contribution in [0.5, 0.6) is 5.75 Å². The van der Waals surface area contributed by atoms with E-state index in [1.54, 1.807) is 4.90 Å². The van der Waals surface area contributed by atoms with Crippen molar-refractivity contribution in [2.75, 3.05) is 13.2 Å². The third-order valence-corrected chi connectivity index (χ3v) is 5.70. The molecular formula is C24H30ClNO3. The van der Waals surface area contributed by atoms with Crippen LogP contribution in [0.1, 0.15) is 43.9 Å². The number of rotatable bonds is 8. The van der Waals surface area contributed by atoms with Gasteiger partial charge in [-0.25, -0.2) is 0 Å². The normalized spacial score (nSPS) is 17.9. The second-order valence-electron chi connectivity index (χ2n) is 8.38. The van der Waals surface area contributed by atoms with Crippen molar-refractivity contribution in [1.29, 1.82) is 0 Å². The molecule has 0 spiro atoms. The summed E-state index contributed by atoms with van der Waals surface area (Å²) in [4.78, 5) is 14.2. The summed E-state index contributed by atoms with van der Waals surface area (Å²) in [6.45, 7) is 6.47. The maximum absolute atomic E-state index is 12.5. The summed E-state index contributed by atoms with van der Waals surface area (Å²) in [6.07, 6.45) is 2.79. The van der Waals surface area contributed by atoms with E-state index in [0.29, 0.717) is 19.4 Å². The number of nitrogens with zero attached hydrogens (tertiary/aromatic N) is 1. The van der Waals surface area contributed by atoms with E-state index in [0.717, 1.165) is 29.2 Å². The largest absolute Gasteiger partial charge is 0.487 e. The van der Waals surface area contributed by atoms with Crippen LogP contribution in [0.3, 0.4) is 0 Å². The zero-order valence-corrected chi connectivity index (χ0v) is 18.2. The monoisotopic (exact) mass is 415 g/mol. The summed E-state index contributed by atoms with van der Waals surface area (Å²) < 4.78 is 6.27. The van der Waals surface area contributed by atoms with Crippen molar-refractivity contribution in [3.63, 3.8) is 0 Å². The topological polar surface area (TPSA) is 49.8 Å². The number of aliphatic hydroxyl groups excluding tert-OH is 1. The zero-order chi connectivity index (χ0) is 21.0. The van der Waals surface area contributed by atoms with E-state index in [2.05, 4.69) is 13.0 Å². The predicted molar refractivity (Wildman–Crippen MR) is 117 cm³/mol. The number of carbonyl (C=O) groups is 1. The van der Waals surface area contributed by atoms with Gasteiger partial charge in [0.2, 0.25) is 5.91 Å². The molecule has 0 aliphatic carbocycles. The van der Waals surface area contributed by atoms with Gasteiger partial charge in [-0.05, 0) is 62.1 Å². The van der Waals surface area contributed by atoms with Crippen molar-refractivity contribution in [3.8, 4) is 5.75 Å². The highest BCUT2D eigenvalue weighted by Gasteiger charge is 2.35. The summed E-state index contributed by atoms with van der Waals surface area (Å²) in [5.74, 6) is 1.01. The molecule has 1 aliphatic rings. The minimum Gasteiger partial charge on any atom is -0.487 e. The molecule has 1 atom stereocenters. The standard InChI is InChI=1S/C24H30ClNO3/c1-17(2)26(12-13-27)23(28)11-7-18-6-10-22-20(14-18)16-24(3,29-22)15-19-4-8-21(25)9-5-19/h4-6,8-10,14,17,27H,7,11-13,15-16H2,1-3H3/t24-/m0/s1. The first kappa shape index (κ1) is 21.7. The van der Waals surface area contributed by atoms with Crippen LogP contribution in [0.15, 0.2) is 42.5 Å². The Morgan fingerprint density at radius 2 is 1.90 bits per heavy atom. The van der Waals surface area contributed by atoms with Gasteiger partial charge >= 0.3 is 0 Å². The van der Waals surface area contributed by atoms with Gasteiger partial charge in [-0.2, -0.15) is 0 Å². The molecule has 4 nitrogen and oxygen atoms in total. The van der Waals surface area contributed by atoms with Crippen LogP contribution >= 0.6 is 11.6 Å². The predicted octanol–water partition coefficient (Wildman–Crippen LogP) is 4.44. The molecule has 0 radical (unpaired) electrons. The van der Waals surface area contributed by atoms with Crippen LogP contribution in [-0.2, 0) is 24.1 Å². The van der Waals surface area contributed by atoms with Crippen molar-refractivity contribution in [2.24, 2.45) is 0 Å². The van der Waals surface area contributed by atoms with Crippen LogP contribution in [0.4, 0.5) is 0 Å². The Balaban J connectivity index is 1.62. The van der Waals surface area contributed by atoms with Gasteiger partial charge in [-0.1, -0.05) is 35.9 Å². The van der Waals surface area contributed by atoms with Gasteiger partial charge in [0.15, 0.2) is 0 Å². The van der Waals surface area contributed by atoms with Gasteiger partial charge in [0.1, 0.15) is 11.4 Å². The van der Waals surface area contributed by atoms with Gasteiger partial charge in [0.25, 0.3) is 0 Å². The molecular weight excluding hydrogens is 386 g/mol. The van der Waals surface area contributed by atoms with Crippen LogP contribution in [0.2, 0.25) is 5.02 Å². The highest BCUT2D eigenvalue weighted by atomic mass is 35.5. The number of hydrogen-bond donors (Lipinski definition) is 1. The zero-order valence-electron chi connectivity index (χ0n) is 17.5. The van der Waals surface area contributed by atoms with E-state index in [9.17, 15) is 9.90 Å². The SMILES string of the molecule is CC(C)N(CCO)C(=O)CCc1ccc2c(c1)C[C@](C)(Cc1ccc(Cl)cc1)O2. The first-order chi connectivity index (χ1) is 13.8. The fourth-order valence-electron chi connectivity index (χ4n) is 4.04. The molecule has 0 bridgehead atoms. The molecule has 1 aliphatic heterocycles. The van der Waals surface area contributed by atoms with Gasteiger partial charge in [0, 0.05) is 36.9 Å². The van der Waals surface area contributed by atoms with Gasteiger partial charge in [-0.3, -0.25) is 4.79 Å². The molecule has 5 heteroatoms. The Morgan fingerprint density at radius 3 is 2.55 bits per heavy atom. The molecule has 156 valence electrons. The fraction of sp³-hybridized carbons (Fsp3) is 0.458. The van der Waals surface area contributed by atoms with Crippen LogP contribution in [0.25, 0.3) is 0 Å². The molecule has 0 saturated heterocycles. The smallest absolute Gasteiger partial charge is 0.223 e. The lowest BCUT2D eigenvalue weighted by atomic mass is 9.91. The van der Waals surface area contributed by atoms with E-state index in [-0.39, 0.29) is 24.2 Å². The number of amides is 1. The maximum atomic E-state index is 12.5. The Labute approximate surface area is 178 Å². The van der Waals surface area contributed by atoms with Crippen LogP contribution in [-0.4, -0.2) is 40.7 Å². The summed E-state index contributed by atoms with van der Waals surface area (Å²) in [5.41, 5.74) is 3.26. The number of ether oxygens (including phenoxy) is 1. The van der Waals surface area contributed by atoms with E-state index < -0.39 is 0 Å². The molecule has 0 unspecified atom stereocenters. The molecule has 1 N–H and O–H groups in total. The van der Waals surface area contributed by atoms with Gasteiger partial charge in [-0.15, -0.1) is 0 Å². The van der Waals surface area contributed by atoms with E-state index in [4.69, 9.17) is 16.3 Å². The average molecular weight is 416 g/mol. The molecule has 1 amide bonds. The van der Waals surface area contributed by atoms with Crippen molar-refractivity contribution >= 4 is 17.5 Å². The third-order valence-electron chi connectivity index (χ3n) is 5.45. The molecule has 0 fully saturated rings. The van der Waals surface area contributed by atoms with Gasteiger partial charge < -0.3 is 14.7 Å². The maximum Gasteiger partial charge on any atom is 0.223 e. The summed E-state index contributed by atoms with van der Waals surface area (Å²) in [7, 11) is 0. The Kier molecular flexibility index (Phi) is 6.86. The molecule has 2 aromatic rings. The average Bonchev–Trinajstić information content (AvgIpc) is 3.00. The quantitative estimate of drug-likeness (QED) is 0.693.